The third-order valence-electron chi connectivity index (χ3n) is 2.93. The number of hydrogen-bond acceptors (Lipinski definition) is 4. The van der Waals surface area contributed by atoms with E-state index in [1.807, 2.05) is 0 Å². The molecule has 0 bridgehead atoms. The molecule has 1 fully saturated rings. The van der Waals surface area contributed by atoms with Crippen LogP contribution in [0.1, 0.15) is 19.3 Å². The first-order chi connectivity index (χ1) is 7.26. The maximum absolute atomic E-state index is 5.94. The van der Waals surface area contributed by atoms with Crippen LogP contribution in [0, 0.1) is 5.41 Å². The van der Waals surface area contributed by atoms with Gasteiger partial charge in [-0.2, -0.15) is 0 Å². The average Bonchev–Trinajstić information content (AvgIpc) is 2.98. The van der Waals surface area contributed by atoms with Gasteiger partial charge in [0.2, 0.25) is 0 Å². The predicted molar refractivity (Wildman–Crippen MR) is 60.9 cm³/mol. The largest absolute Gasteiger partial charge is 0.368 e. The molecule has 1 aliphatic rings. The number of hydrogen-bond donors (Lipinski definition) is 2. The van der Waals surface area contributed by atoms with Crippen LogP contribution in [0.3, 0.4) is 0 Å². The summed E-state index contributed by atoms with van der Waals surface area (Å²) in [6, 6.07) is 0. The van der Waals surface area contributed by atoms with Gasteiger partial charge in [0.15, 0.2) is 0 Å². The Morgan fingerprint density at radius 2 is 2.33 bits per heavy atom. The van der Waals surface area contributed by atoms with Gasteiger partial charge in [-0.05, 0) is 31.2 Å². The Kier molecular flexibility index (Phi) is 3.07. The first-order valence-electron chi connectivity index (χ1n) is 5.15. The van der Waals surface area contributed by atoms with Crippen molar-refractivity contribution in [3.63, 3.8) is 0 Å². The summed E-state index contributed by atoms with van der Waals surface area (Å²) in [5, 5.41) is 3.83. The molecule has 1 saturated carbocycles. The average molecular weight is 227 g/mol. The van der Waals surface area contributed by atoms with Gasteiger partial charge in [-0.15, -0.1) is 0 Å². The van der Waals surface area contributed by atoms with E-state index in [1.54, 1.807) is 6.20 Å². The molecule has 0 amide bonds. The Balaban J connectivity index is 1.91. The number of halogens is 1. The van der Waals surface area contributed by atoms with Crippen LogP contribution < -0.4 is 11.1 Å². The second-order valence-corrected chi connectivity index (χ2v) is 4.52. The number of aromatic nitrogens is 2. The fraction of sp³-hybridized carbons (Fsp3) is 0.600. The molecule has 0 unspecified atom stereocenters. The quantitative estimate of drug-likeness (QED) is 0.802. The maximum atomic E-state index is 5.94. The fourth-order valence-corrected chi connectivity index (χ4v) is 1.88. The zero-order valence-electron chi connectivity index (χ0n) is 8.54. The van der Waals surface area contributed by atoms with Crippen molar-refractivity contribution in [3.8, 4) is 0 Å². The van der Waals surface area contributed by atoms with Gasteiger partial charge in [-0.1, -0.05) is 11.6 Å². The highest BCUT2D eigenvalue weighted by Gasteiger charge is 2.41. The van der Waals surface area contributed by atoms with E-state index < -0.39 is 0 Å². The second-order valence-electron chi connectivity index (χ2n) is 4.11. The lowest BCUT2D eigenvalue weighted by atomic mass is 10.0. The van der Waals surface area contributed by atoms with Crippen molar-refractivity contribution in [1.82, 2.24) is 9.97 Å². The second kappa shape index (κ2) is 4.33. The molecule has 0 aromatic carbocycles. The highest BCUT2D eigenvalue weighted by molar-refractivity contribution is 6.32. The van der Waals surface area contributed by atoms with Gasteiger partial charge < -0.3 is 11.1 Å². The summed E-state index contributed by atoms with van der Waals surface area (Å²) < 4.78 is 0. The van der Waals surface area contributed by atoms with Gasteiger partial charge in [0.25, 0.3) is 0 Å². The van der Waals surface area contributed by atoms with Crippen LogP contribution in [-0.2, 0) is 0 Å². The Labute approximate surface area is 94.2 Å². The number of nitrogens with one attached hydrogen (secondary N) is 1. The minimum Gasteiger partial charge on any atom is -0.368 e. The molecule has 1 aromatic rings. The van der Waals surface area contributed by atoms with E-state index >= 15 is 0 Å². The Hall–Kier alpha value is -0.870. The summed E-state index contributed by atoms with van der Waals surface area (Å²) in [6.45, 7) is 1.65. The number of anilines is 1. The summed E-state index contributed by atoms with van der Waals surface area (Å²) >= 11 is 5.94. The molecule has 15 heavy (non-hydrogen) atoms. The smallest absolute Gasteiger partial charge is 0.148 e. The standard InChI is InChI=1S/C10H15ClN4/c11-8-5-13-7-15-9(8)14-6-10(1-2-10)3-4-12/h5,7H,1-4,6,12H2,(H,13,14,15). The predicted octanol–water partition coefficient (Wildman–Crippen LogP) is 1.67. The van der Waals surface area contributed by atoms with Crippen LogP contribution in [-0.4, -0.2) is 23.1 Å². The van der Waals surface area contributed by atoms with Crippen LogP contribution in [0.2, 0.25) is 5.02 Å². The van der Waals surface area contributed by atoms with Crippen molar-refractivity contribution in [2.75, 3.05) is 18.4 Å². The van der Waals surface area contributed by atoms with E-state index in [4.69, 9.17) is 17.3 Å². The summed E-state index contributed by atoms with van der Waals surface area (Å²) in [6.07, 6.45) is 6.67. The zero-order valence-corrected chi connectivity index (χ0v) is 9.30. The molecule has 0 atom stereocenters. The van der Waals surface area contributed by atoms with Crippen molar-refractivity contribution < 1.29 is 0 Å². The lowest BCUT2D eigenvalue weighted by Crippen LogP contribution is -2.19. The SMILES string of the molecule is NCCC1(CNc2ncncc2Cl)CC1. The molecule has 1 heterocycles. The maximum Gasteiger partial charge on any atom is 0.148 e. The van der Waals surface area contributed by atoms with Crippen LogP contribution in [0.15, 0.2) is 12.5 Å². The third kappa shape index (κ3) is 2.58. The summed E-state index contributed by atoms with van der Waals surface area (Å²) in [4.78, 5) is 7.92. The van der Waals surface area contributed by atoms with Crippen molar-refractivity contribution >= 4 is 17.4 Å². The minimum atomic E-state index is 0.392. The molecule has 0 saturated heterocycles. The van der Waals surface area contributed by atoms with Crippen molar-refractivity contribution in [2.45, 2.75) is 19.3 Å². The van der Waals surface area contributed by atoms with Crippen molar-refractivity contribution in [1.29, 1.82) is 0 Å². The monoisotopic (exact) mass is 226 g/mol. The zero-order chi connectivity index (χ0) is 10.7. The van der Waals surface area contributed by atoms with Crippen LogP contribution in [0.5, 0.6) is 0 Å². The summed E-state index contributed by atoms with van der Waals surface area (Å²) in [5.74, 6) is 0.718. The van der Waals surface area contributed by atoms with Gasteiger partial charge in [0.05, 0.1) is 6.20 Å². The molecule has 5 heteroatoms. The highest BCUT2D eigenvalue weighted by atomic mass is 35.5. The molecule has 1 aliphatic carbocycles. The van der Waals surface area contributed by atoms with Gasteiger partial charge in [0.1, 0.15) is 17.2 Å². The third-order valence-corrected chi connectivity index (χ3v) is 3.21. The molecular formula is C10H15ClN4. The molecule has 82 valence electrons. The van der Waals surface area contributed by atoms with E-state index in [9.17, 15) is 0 Å². The fourth-order valence-electron chi connectivity index (χ4n) is 1.71. The van der Waals surface area contributed by atoms with E-state index in [1.165, 1.54) is 19.2 Å². The summed E-state index contributed by atoms with van der Waals surface area (Å²) in [7, 11) is 0. The molecule has 1 aromatic heterocycles. The first-order valence-corrected chi connectivity index (χ1v) is 5.53. The van der Waals surface area contributed by atoms with E-state index in [2.05, 4.69) is 15.3 Å². The van der Waals surface area contributed by atoms with E-state index in [0.29, 0.717) is 10.4 Å². The van der Waals surface area contributed by atoms with Crippen LogP contribution in [0.25, 0.3) is 0 Å². The topological polar surface area (TPSA) is 63.8 Å². The number of rotatable bonds is 5. The van der Waals surface area contributed by atoms with Gasteiger partial charge in [0, 0.05) is 6.54 Å². The Bertz CT molecular complexity index is 338. The van der Waals surface area contributed by atoms with Crippen molar-refractivity contribution in [3.05, 3.63) is 17.5 Å². The van der Waals surface area contributed by atoms with Crippen molar-refractivity contribution in [2.24, 2.45) is 11.1 Å². The molecule has 2 rings (SSSR count). The van der Waals surface area contributed by atoms with Gasteiger partial charge >= 0.3 is 0 Å². The number of nitrogens with two attached hydrogens (primary N) is 1. The Morgan fingerprint density at radius 3 is 2.93 bits per heavy atom. The minimum absolute atomic E-state index is 0.392. The number of nitrogens with zero attached hydrogens (tertiary/aromatic N) is 2. The molecule has 0 radical (unpaired) electrons. The molecule has 0 spiro atoms. The molecule has 0 aliphatic heterocycles. The first kappa shape index (κ1) is 10.6. The van der Waals surface area contributed by atoms with E-state index in [0.717, 1.165) is 25.3 Å². The normalized spacial score (nSPS) is 17.5. The Morgan fingerprint density at radius 1 is 1.53 bits per heavy atom. The summed E-state index contributed by atoms with van der Waals surface area (Å²) in [5.41, 5.74) is 5.97. The van der Waals surface area contributed by atoms with Crippen LogP contribution in [0.4, 0.5) is 5.82 Å². The lowest BCUT2D eigenvalue weighted by Gasteiger charge is -2.15. The molecule has 3 N–H and O–H groups in total. The molecular weight excluding hydrogens is 212 g/mol. The van der Waals surface area contributed by atoms with Crippen LogP contribution >= 0.6 is 11.6 Å². The van der Waals surface area contributed by atoms with Gasteiger partial charge in [-0.3, -0.25) is 0 Å². The van der Waals surface area contributed by atoms with Gasteiger partial charge in [-0.25, -0.2) is 9.97 Å². The lowest BCUT2D eigenvalue weighted by molar-refractivity contribution is 0.500. The molecule has 4 nitrogen and oxygen atoms in total. The highest BCUT2D eigenvalue weighted by Crippen LogP contribution is 2.48. The van der Waals surface area contributed by atoms with E-state index in [-0.39, 0.29) is 0 Å².